The molecule has 0 spiro atoms. The summed E-state index contributed by atoms with van der Waals surface area (Å²) in [4.78, 5) is 5.07. The van der Waals surface area contributed by atoms with Gasteiger partial charge in [0.2, 0.25) is 0 Å². The van der Waals surface area contributed by atoms with E-state index in [2.05, 4.69) is 67.7 Å². The first-order valence-electron chi connectivity index (χ1n) is 9.80. The molecule has 1 aliphatic rings. The van der Waals surface area contributed by atoms with Crippen LogP contribution in [0.5, 0.6) is 0 Å². The van der Waals surface area contributed by atoms with Gasteiger partial charge in [0.05, 0.1) is 5.71 Å². The molecule has 1 unspecified atom stereocenters. The van der Waals surface area contributed by atoms with Crippen molar-refractivity contribution in [2.75, 3.05) is 6.54 Å². The Morgan fingerprint density at radius 2 is 1.40 bits per heavy atom. The van der Waals surface area contributed by atoms with Crippen LogP contribution >= 0.6 is 0 Å². The second kappa shape index (κ2) is 8.96. The largest absolute Gasteiger partial charge is 0.296 e. The van der Waals surface area contributed by atoms with E-state index >= 15 is 0 Å². The van der Waals surface area contributed by atoms with Crippen LogP contribution < -0.4 is 5.32 Å². The van der Waals surface area contributed by atoms with Crippen LogP contribution in [-0.2, 0) is 12.8 Å². The summed E-state index contributed by atoms with van der Waals surface area (Å²) >= 11 is 0. The molecule has 0 aliphatic carbocycles. The summed E-state index contributed by atoms with van der Waals surface area (Å²) in [6.07, 6.45) is 7.25. The highest BCUT2D eigenvalue weighted by Crippen LogP contribution is 2.18. The molecule has 2 aromatic carbocycles. The van der Waals surface area contributed by atoms with E-state index in [9.17, 15) is 0 Å². The average Bonchev–Trinajstić information content (AvgIpc) is 3.15. The van der Waals surface area contributed by atoms with Crippen molar-refractivity contribution >= 4 is 5.71 Å². The molecule has 0 aromatic heterocycles. The van der Waals surface area contributed by atoms with Gasteiger partial charge in [0, 0.05) is 11.1 Å². The second-order valence-electron chi connectivity index (χ2n) is 6.98. The first-order valence-corrected chi connectivity index (χ1v) is 9.80. The molecule has 1 saturated heterocycles. The van der Waals surface area contributed by atoms with Gasteiger partial charge in [-0.05, 0) is 43.4 Å². The molecule has 0 saturated carbocycles. The molecule has 1 fully saturated rings. The first-order chi connectivity index (χ1) is 12.3. The highest BCUT2D eigenvalue weighted by atomic mass is 15.1. The van der Waals surface area contributed by atoms with E-state index in [1.165, 1.54) is 41.5 Å². The van der Waals surface area contributed by atoms with E-state index in [0.717, 1.165) is 31.5 Å². The van der Waals surface area contributed by atoms with Crippen LogP contribution in [0.3, 0.4) is 0 Å². The smallest absolute Gasteiger partial charge is 0.100 e. The van der Waals surface area contributed by atoms with Crippen LogP contribution in [0.2, 0.25) is 0 Å². The fourth-order valence-corrected chi connectivity index (χ4v) is 3.48. The van der Waals surface area contributed by atoms with E-state index in [4.69, 9.17) is 4.99 Å². The van der Waals surface area contributed by atoms with Gasteiger partial charge >= 0.3 is 0 Å². The Kier molecular flexibility index (Phi) is 6.41. The number of nitrogens with one attached hydrogen (secondary N) is 1. The maximum atomic E-state index is 5.07. The Balaban J connectivity index is 1.91. The monoisotopic (exact) mass is 334 g/mol. The van der Waals surface area contributed by atoms with E-state index in [1.54, 1.807) is 0 Å². The number of aliphatic imine (C=N–C) groups is 1. The molecule has 2 heteroatoms. The first kappa shape index (κ1) is 17.9. The zero-order chi connectivity index (χ0) is 17.5. The quantitative estimate of drug-likeness (QED) is 0.697. The third-order valence-corrected chi connectivity index (χ3v) is 4.85. The van der Waals surface area contributed by atoms with E-state index in [-0.39, 0.29) is 6.17 Å². The van der Waals surface area contributed by atoms with Crippen LogP contribution in [0.4, 0.5) is 0 Å². The number of aryl methyl sites for hydroxylation is 2. The predicted molar refractivity (Wildman–Crippen MR) is 108 cm³/mol. The molecular weight excluding hydrogens is 304 g/mol. The molecule has 1 aliphatic heterocycles. The molecule has 0 amide bonds. The van der Waals surface area contributed by atoms with Crippen molar-refractivity contribution in [2.24, 2.45) is 4.99 Å². The van der Waals surface area contributed by atoms with Crippen LogP contribution in [0.15, 0.2) is 53.5 Å². The normalized spacial score (nSPS) is 16.8. The summed E-state index contributed by atoms with van der Waals surface area (Å²) in [6.45, 7) is 5.53. The van der Waals surface area contributed by atoms with Crippen molar-refractivity contribution in [1.82, 2.24) is 5.32 Å². The second-order valence-corrected chi connectivity index (χ2v) is 6.98. The van der Waals surface area contributed by atoms with Gasteiger partial charge in [-0.2, -0.15) is 0 Å². The summed E-state index contributed by atoms with van der Waals surface area (Å²) in [7, 11) is 0. The van der Waals surface area contributed by atoms with Gasteiger partial charge in [-0.15, -0.1) is 0 Å². The van der Waals surface area contributed by atoms with Gasteiger partial charge in [0.15, 0.2) is 0 Å². The molecule has 1 N–H and O–H groups in total. The third-order valence-electron chi connectivity index (χ3n) is 4.85. The van der Waals surface area contributed by atoms with Gasteiger partial charge in [-0.25, -0.2) is 0 Å². The SMILES string of the molecule is CCCc1ccc(C(=NC2CCCN2)c2ccc(CCC)cc2)cc1. The van der Waals surface area contributed by atoms with Crippen molar-refractivity contribution < 1.29 is 0 Å². The van der Waals surface area contributed by atoms with Crippen molar-refractivity contribution in [1.29, 1.82) is 0 Å². The Morgan fingerprint density at radius 1 is 0.880 bits per heavy atom. The predicted octanol–water partition coefficient (Wildman–Crippen LogP) is 5.14. The van der Waals surface area contributed by atoms with Gasteiger partial charge in [0.25, 0.3) is 0 Å². The van der Waals surface area contributed by atoms with Crippen LogP contribution in [0, 0.1) is 0 Å². The highest BCUT2D eigenvalue weighted by Gasteiger charge is 2.15. The number of rotatable bonds is 7. The minimum absolute atomic E-state index is 0.251. The van der Waals surface area contributed by atoms with Gasteiger partial charge in [0.1, 0.15) is 6.17 Å². The lowest BCUT2D eigenvalue weighted by Crippen LogP contribution is -2.21. The Morgan fingerprint density at radius 3 is 1.80 bits per heavy atom. The van der Waals surface area contributed by atoms with E-state index in [1.807, 2.05) is 0 Å². The molecule has 3 rings (SSSR count). The minimum atomic E-state index is 0.251. The fraction of sp³-hybridized carbons (Fsp3) is 0.435. The Labute approximate surface area is 152 Å². The molecule has 1 heterocycles. The molecule has 0 radical (unpaired) electrons. The van der Waals surface area contributed by atoms with Crippen LogP contribution in [-0.4, -0.2) is 18.4 Å². The molecule has 132 valence electrons. The number of hydrogen-bond donors (Lipinski definition) is 1. The Hall–Kier alpha value is -1.93. The lowest BCUT2D eigenvalue weighted by atomic mass is 9.98. The molecule has 1 atom stereocenters. The van der Waals surface area contributed by atoms with Crippen molar-refractivity contribution in [2.45, 2.75) is 58.5 Å². The topological polar surface area (TPSA) is 24.4 Å². The molecule has 2 aromatic rings. The van der Waals surface area contributed by atoms with E-state index < -0.39 is 0 Å². The summed E-state index contributed by atoms with van der Waals surface area (Å²) in [5.74, 6) is 0. The lowest BCUT2D eigenvalue weighted by Gasteiger charge is -2.13. The summed E-state index contributed by atoms with van der Waals surface area (Å²) < 4.78 is 0. The van der Waals surface area contributed by atoms with Gasteiger partial charge < -0.3 is 0 Å². The van der Waals surface area contributed by atoms with Crippen molar-refractivity contribution in [3.8, 4) is 0 Å². The third kappa shape index (κ3) is 4.79. The molecule has 0 bridgehead atoms. The number of nitrogens with zero attached hydrogens (tertiary/aromatic N) is 1. The van der Waals surface area contributed by atoms with Gasteiger partial charge in [-0.1, -0.05) is 75.2 Å². The van der Waals surface area contributed by atoms with E-state index in [0.29, 0.717) is 0 Å². The van der Waals surface area contributed by atoms with Crippen molar-refractivity contribution in [3.63, 3.8) is 0 Å². The highest BCUT2D eigenvalue weighted by molar-refractivity contribution is 6.13. The maximum Gasteiger partial charge on any atom is 0.100 e. The van der Waals surface area contributed by atoms with Crippen molar-refractivity contribution in [3.05, 3.63) is 70.8 Å². The zero-order valence-corrected chi connectivity index (χ0v) is 15.6. The average molecular weight is 335 g/mol. The molecule has 2 nitrogen and oxygen atoms in total. The Bertz CT molecular complexity index is 626. The zero-order valence-electron chi connectivity index (χ0n) is 15.6. The minimum Gasteiger partial charge on any atom is -0.296 e. The summed E-state index contributed by atoms with van der Waals surface area (Å²) in [5, 5.41) is 3.50. The summed E-state index contributed by atoms with van der Waals surface area (Å²) in [5.41, 5.74) is 6.37. The summed E-state index contributed by atoms with van der Waals surface area (Å²) in [6, 6.07) is 17.9. The van der Waals surface area contributed by atoms with Crippen LogP contribution in [0.1, 0.15) is 61.8 Å². The lowest BCUT2D eigenvalue weighted by molar-refractivity contribution is 0.637. The molecular formula is C23H30N2. The standard InChI is InChI=1S/C23H30N2/c1-3-6-18-9-13-20(14-10-18)23(25-22-8-5-17-24-22)21-15-11-19(7-4-2)12-16-21/h9-16,22,24H,3-8,17H2,1-2H3. The maximum absolute atomic E-state index is 5.07. The number of hydrogen-bond acceptors (Lipinski definition) is 2. The fourth-order valence-electron chi connectivity index (χ4n) is 3.48. The molecule has 25 heavy (non-hydrogen) atoms. The van der Waals surface area contributed by atoms with Crippen LogP contribution in [0.25, 0.3) is 0 Å². The number of benzene rings is 2. The van der Waals surface area contributed by atoms with Gasteiger partial charge in [-0.3, -0.25) is 10.3 Å².